The van der Waals surface area contributed by atoms with Gasteiger partial charge in [0.05, 0.1) is 6.61 Å². The summed E-state index contributed by atoms with van der Waals surface area (Å²) in [5.74, 6) is 0.165. The second kappa shape index (κ2) is 7.28. The van der Waals surface area contributed by atoms with Crippen LogP contribution in [-0.2, 0) is 9.53 Å². The van der Waals surface area contributed by atoms with Gasteiger partial charge < -0.3 is 9.84 Å². The van der Waals surface area contributed by atoms with Crippen LogP contribution in [0.5, 0.6) is 0 Å². The van der Waals surface area contributed by atoms with Crippen molar-refractivity contribution in [2.45, 2.75) is 82.7 Å². The van der Waals surface area contributed by atoms with E-state index in [0.717, 1.165) is 18.8 Å². The number of carboxylic acids is 1. The van der Waals surface area contributed by atoms with Crippen LogP contribution in [0.25, 0.3) is 0 Å². The zero-order chi connectivity index (χ0) is 13.6. The molecule has 0 aromatic heterocycles. The van der Waals surface area contributed by atoms with Crippen molar-refractivity contribution in [3.8, 4) is 0 Å². The molecule has 1 saturated carbocycles. The number of hydrogen-bond donors (Lipinski definition) is 1. The van der Waals surface area contributed by atoms with E-state index >= 15 is 0 Å². The lowest BCUT2D eigenvalue weighted by Crippen LogP contribution is -2.23. The van der Waals surface area contributed by atoms with Gasteiger partial charge in [0.25, 0.3) is 0 Å². The summed E-state index contributed by atoms with van der Waals surface area (Å²) in [6, 6.07) is 0. The fraction of sp³-hybridized carbons (Fsp3) is 0.938. The first-order valence-electron chi connectivity index (χ1n) is 8.10. The van der Waals surface area contributed by atoms with Crippen molar-refractivity contribution in [2.24, 2.45) is 5.92 Å². The topological polar surface area (TPSA) is 49.8 Å². The van der Waals surface area contributed by atoms with Crippen LogP contribution < -0.4 is 0 Å². The molecule has 0 spiro atoms. The summed E-state index contributed by atoms with van der Waals surface area (Å²) in [5.41, 5.74) is -0.791. The van der Waals surface area contributed by atoms with Gasteiger partial charge in [-0.2, -0.15) is 0 Å². The Morgan fingerprint density at radius 2 is 1.68 bits per heavy atom. The molecule has 1 saturated heterocycles. The molecule has 1 aliphatic heterocycles. The monoisotopic (exact) mass is 268 g/mol. The zero-order valence-electron chi connectivity index (χ0n) is 12.0. The van der Waals surface area contributed by atoms with Crippen LogP contribution in [0.2, 0.25) is 0 Å². The van der Waals surface area contributed by atoms with Crippen LogP contribution in [0.1, 0.15) is 77.0 Å². The largest absolute Gasteiger partial charge is 0.479 e. The molecule has 1 aliphatic carbocycles. The molecule has 19 heavy (non-hydrogen) atoms. The normalized spacial score (nSPS) is 28.6. The first kappa shape index (κ1) is 14.8. The van der Waals surface area contributed by atoms with E-state index in [1.165, 1.54) is 57.8 Å². The molecule has 0 radical (unpaired) electrons. The van der Waals surface area contributed by atoms with E-state index in [1.807, 2.05) is 0 Å². The summed E-state index contributed by atoms with van der Waals surface area (Å²) in [7, 11) is 0. The Kier molecular flexibility index (Phi) is 5.68. The lowest BCUT2D eigenvalue weighted by molar-refractivity contribution is -0.143. The van der Waals surface area contributed by atoms with Crippen LogP contribution in [0.15, 0.2) is 0 Å². The van der Waals surface area contributed by atoms with Gasteiger partial charge in [0.15, 0.2) is 5.60 Å². The predicted octanol–water partition coefficient (Wildman–Crippen LogP) is 4.15. The van der Waals surface area contributed by atoms with E-state index in [-0.39, 0.29) is 0 Å². The van der Waals surface area contributed by atoms with Gasteiger partial charge in [0.2, 0.25) is 0 Å². The quantitative estimate of drug-likeness (QED) is 0.557. The SMILES string of the molecule is O=C(O)C1(CCCCCC2CCCCCCC2)CO1. The van der Waals surface area contributed by atoms with Crippen LogP contribution in [0, 0.1) is 5.92 Å². The van der Waals surface area contributed by atoms with Gasteiger partial charge in [-0.25, -0.2) is 4.79 Å². The van der Waals surface area contributed by atoms with E-state index in [2.05, 4.69) is 0 Å². The van der Waals surface area contributed by atoms with E-state index < -0.39 is 11.6 Å². The highest BCUT2D eigenvalue weighted by Crippen LogP contribution is 2.33. The third kappa shape index (κ3) is 4.79. The molecule has 1 heterocycles. The molecule has 110 valence electrons. The summed E-state index contributed by atoms with van der Waals surface area (Å²) in [6.07, 6.45) is 15.4. The van der Waals surface area contributed by atoms with Crippen LogP contribution >= 0.6 is 0 Å². The Morgan fingerprint density at radius 1 is 1.05 bits per heavy atom. The summed E-state index contributed by atoms with van der Waals surface area (Å²) in [6.45, 7) is 0.422. The van der Waals surface area contributed by atoms with Crippen LogP contribution in [0.3, 0.4) is 0 Å². The molecule has 1 atom stereocenters. The Hall–Kier alpha value is -0.570. The molecule has 3 heteroatoms. The van der Waals surface area contributed by atoms with Crippen LogP contribution in [0.4, 0.5) is 0 Å². The fourth-order valence-electron chi connectivity index (χ4n) is 3.31. The molecule has 3 nitrogen and oxygen atoms in total. The van der Waals surface area contributed by atoms with E-state index in [9.17, 15) is 4.79 Å². The minimum absolute atomic E-state index is 0.422. The molecule has 0 aromatic rings. The van der Waals surface area contributed by atoms with E-state index in [4.69, 9.17) is 9.84 Å². The smallest absolute Gasteiger partial charge is 0.338 e. The summed E-state index contributed by atoms with van der Waals surface area (Å²) in [4.78, 5) is 10.9. The van der Waals surface area contributed by atoms with E-state index in [1.54, 1.807) is 0 Å². The number of ether oxygens (including phenoxy) is 1. The fourth-order valence-corrected chi connectivity index (χ4v) is 3.31. The third-order valence-electron chi connectivity index (χ3n) is 4.80. The van der Waals surface area contributed by atoms with Crippen molar-refractivity contribution in [1.82, 2.24) is 0 Å². The van der Waals surface area contributed by atoms with Crippen molar-refractivity contribution < 1.29 is 14.6 Å². The highest BCUT2D eigenvalue weighted by molar-refractivity contribution is 5.80. The van der Waals surface area contributed by atoms with Gasteiger partial charge >= 0.3 is 5.97 Å². The van der Waals surface area contributed by atoms with Crippen molar-refractivity contribution >= 4 is 5.97 Å². The van der Waals surface area contributed by atoms with Crippen molar-refractivity contribution in [1.29, 1.82) is 0 Å². The highest BCUT2D eigenvalue weighted by Gasteiger charge is 2.51. The first-order chi connectivity index (χ1) is 9.23. The molecular weight excluding hydrogens is 240 g/mol. The average Bonchev–Trinajstić information content (AvgIpc) is 3.12. The Bertz CT molecular complexity index is 276. The number of epoxide rings is 1. The number of aliphatic carboxylic acids is 1. The second-order valence-corrected chi connectivity index (χ2v) is 6.40. The lowest BCUT2D eigenvalue weighted by atomic mass is 9.87. The molecule has 1 N–H and O–H groups in total. The molecular formula is C16H28O3. The molecule has 2 rings (SSSR count). The van der Waals surface area contributed by atoms with Crippen molar-refractivity contribution in [3.05, 3.63) is 0 Å². The molecule has 2 aliphatic rings. The molecule has 0 amide bonds. The Balaban J connectivity index is 1.52. The first-order valence-corrected chi connectivity index (χ1v) is 8.10. The molecule has 0 bridgehead atoms. The molecule has 0 aromatic carbocycles. The zero-order valence-corrected chi connectivity index (χ0v) is 12.0. The minimum atomic E-state index is -0.791. The van der Waals surface area contributed by atoms with E-state index in [0.29, 0.717) is 13.0 Å². The Labute approximate surface area is 116 Å². The van der Waals surface area contributed by atoms with Gasteiger partial charge in [-0.15, -0.1) is 0 Å². The second-order valence-electron chi connectivity index (χ2n) is 6.40. The highest BCUT2D eigenvalue weighted by atomic mass is 16.6. The summed E-state index contributed by atoms with van der Waals surface area (Å²) < 4.78 is 5.08. The maximum Gasteiger partial charge on any atom is 0.338 e. The number of unbranched alkanes of at least 4 members (excludes halogenated alkanes) is 2. The Morgan fingerprint density at radius 3 is 2.26 bits per heavy atom. The maximum absolute atomic E-state index is 10.9. The lowest BCUT2D eigenvalue weighted by Gasteiger charge is -2.19. The van der Waals surface area contributed by atoms with Crippen molar-refractivity contribution in [3.63, 3.8) is 0 Å². The summed E-state index contributed by atoms with van der Waals surface area (Å²) >= 11 is 0. The third-order valence-corrected chi connectivity index (χ3v) is 4.80. The minimum Gasteiger partial charge on any atom is -0.479 e. The van der Waals surface area contributed by atoms with Crippen molar-refractivity contribution in [2.75, 3.05) is 6.61 Å². The van der Waals surface area contributed by atoms with Crippen LogP contribution in [-0.4, -0.2) is 23.3 Å². The number of rotatable bonds is 7. The number of hydrogen-bond acceptors (Lipinski definition) is 2. The summed E-state index contributed by atoms with van der Waals surface area (Å²) in [5, 5.41) is 9.00. The number of carbonyl (C=O) groups is 1. The average molecular weight is 268 g/mol. The maximum atomic E-state index is 10.9. The van der Waals surface area contributed by atoms with Gasteiger partial charge in [0.1, 0.15) is 0 Å². The van der Waals surface area contributed by atoms with Gasteiger partial charge in [0, 0.05) is 0 Å². The van der Waals surface area contributed by atoms with Gasteiger partial charge in [-0.05, 0) is 18.8 Å². The number of carboxylic acid groups (broad SMARTS) is 1. The standard InChI is InChI=1S/C16H28O3/c17-15(18)16(13-19-16)12-8-4-7-11-14-9-5-2-1-3-6-10-14/h14H,1-13H2,(H,17,18). The van der Waals surface area contributed by atoms with Gasteiger partial charge in [-0.3, -0.25) is 0 Å². The predicted molar refractivity (Wildman–Crippen MR) is 75.2 cm³/mol. The molecule has 1 unspecified atom stereocenters. The molecule has 2 fully saturated rings. The van der Waals surface area contributed by atoms with Gasteiger partial charge in [-0.1, -0.05) is 64.2 Å².